The van der Waals surface area contributed by atoms with Crippen molar-refractivity contribution in [1.82, 2.24) is 15.2 Å². The molecular weight excluding hydrogens is 369 g/mol. The maximum atomic E-state index is 14.0. The Morgan fingerprint density at radius 2 is 2.10 bits per heavy atom. The summed E-state index contributed by atoms with van der Waals surface area (Å²) in [5, 5.41) is 13.0. The summed E-state index contributed by atoms with van der Waals surface area (Å²) in [6, 6.07) is 7.12. The number of hydrogen-bond acceptors (Lipinski definition) is 6. The van der Waals surface area contributed by atoms with E-state index in [2.05, 4.69) is 31.5 Å². The summed E-state index contributed by atoms with van der Waals surface area (Å²) in [7, 11) is 1.75. The maximum absolute atomic E-state index is 14.0. The van der Waals surface area contributed by atoms with Gasteiger partial charge in [0.05, 0.1) is 35.2 Å². The summed E-state index contributed by atoms with van der Waals surface area (Å²) in [5.74, 6) is 0.445. The lowest BCUT2D eigenvalue weighted by molar-refractivity contribution is 0.121. The molecule has 7 heteroatoms. The molecule has 1 N–H and O–H groups in total. The summed E-state index contributed by atoms with van der Waals surface area (Å²) in [4.78, 5) is 6.94. The van der Waals surface area contributed by atoms with E-state index in [1.807, 2.05) is 26.1 Å². The fourth-order valence-electron chi connectivity index (χ4n) is 3.96. The Labute approximate surface area is 170 Å². The fourth-order valence-corrected chi connectivity index (χ4v) is 3.96. The number of anilines is 2. The Hall–Kier alpha value is -2.80. The van der Waals surface area contributed by atoms with Crippen LogP contribution in [0.5, 0.6) is 0 Å². The van der Waals surface area contributed by atoms with E-state index < -0.39 is 0 Å². The van der Waals surface area contributed by atoms with Gasteiger partial charge in [-0.05, 0) is 50.5 Å². The first-order chi connectivity index (χ1) is 14.0. The third-order valence-electron chi connectivity index (χ3n) is 5.74. The van der Waals surface area contributed by atoms with Crippen LogP contribution in [0, 0.1) is 19.7 Å². The number of hydrogen-bond donors (Lipinski definition) is 1. The van der Waals surface area contributed by atoms with E-state index in [4.69, 9.17) is 4.74 Å². The summed E-state index contributed by atoms with van der Waals surface area (Å²) in [6.07, 6.45) is 3.14. The van der Waals surface area contributed by atoms with Gasteiger partial charge in [-0.3, -0.25) is 4.98 Å². The molecule has 1 aromatic carbocycles. The molecule has 0 aliphatic carbocycles. The van der Waals surface area contributed by atoms with Gasteiger partial charge < -0.3 is 15.0 Å². The van der Waals surface area contributed by atoms with Crippen LogP contribution in [0.3, 0.4) is 0 Å². The molecule has 2 atom stereocenters. The van der Waals surface area contributed by atoms with E-state index in [0.29, 0.717) is 11.4 Å². The number of aryl methyl sites for hydroxylation is 1. The number of benzene rings is 1. The van der Waals surface area contributed by atoms with Gasteiger partial charge in [0.2, 0.25) is 0 Å². The monoisotopic (exact) mass is 395 g/mol. The quantitative estimate of drug-likeness (QED) is 0.699. The highest BCUT2D eigenvalue weighted by atomic mass is 19.1. The third-order valence-corrected chi connectivity index (χ3v) is 5.74. The minimum absolute atomic E-state index is 0.126. The van der Waals surface area contributed by atoms with E-state index in [1.165, 1.54) is 6.07 Å². The Kier molecular flexibility index (Phi) is 5.32. The van der Waals surface area contributed by atoms with E-state index in [-0.39, 0.29) is 18.0 Å². The first kappa shape index (κ1) is 19.5. The molecule has 2 aromatic heterocycles. The molecule has 29 heavy (non-hydrogen) atoms. The van der Waals surface area contributed by atoms with Gasteiger partial charge in [0, 0.05) is 25.6 Å². The van der Waals surface area contributed by atoms with Gasteiger partial charge in [-0.2, -0.15) is 5.10 Å². The predicted molar refractivity (Wildman–Crippen MR) is 113 cm³/mol. The van der Waals surface area contributed by atoms with Gasteiger partial charge in [-0.15, -0.1) is 5.10 Å². The zero-order valence-electron chi connectivity index (χ0n) is 17.2. The molecule has 0 spiro atoms. The molecule has 6 nitrogen and oxygen atoms in total. The maximum Gasteiger partial charge on any atom is 0.158 e. The number of methoxy groups -OCH3 is 1. The molecule has 0 unspecified atom stereocenters. The van der Waals surface area contributed by atoms with Crippen molar-refractivity contribution in [2.24, 2.45) is 0 Å². The zero-order valence-corrected chi connectivity index (χ0v) is 17.2. The number of nitrogens with one attached hydrogen (secondary N) is 1. The average molecular weight is 395 g/mol. The fraction of sp³-hybridized carbons (Fsp3) is 0.409. The van der Waals surface area contributed by atoms with Crippen molar-refractivity contribution >= 4 is 22.4 Å². The van der Waals surface area contributed by atoms with Crippen molar-refractivity contribution in [3.05, 3.63) is 53.1 Å². The van der Waals surface area contributed by atoms with Crippen LogP contribution in [-0.4, -0.2) is 41.5 Å². The van der Waals surface area contributed by atoms with Gasteiger partial charge in [0.1, 0.15) is 5.82 Å². The summed E-state index contributed by atoms with van der Waals surface area (Å²) in [6.45, 7) is 7.48. The summed E-state index contributed by atoms with van der Waals surface area (Å²) in [5.41, 5.74) is 4.17. The smallest absolute Gasteiger partial charge is 0.158 e. The minimum Gasteiger partial charge on any atom is -0.380 e. The molecule has 1 aliphatic heterocycles. The van der Waals surface area contributed by atoms with E-state index in [9.17, 15) is 4.39 Å². The molecule has 1 fully saturated rings. The normalized spacial score (nSPS) is 17.7. The van der Waals surface area contributed by atoms with E-state index in [0.717, 1.165) is 47.4 Å². The molecule has 0 amide bonds. The van der Waals surface area contributed by atoms with Crippen LogP contribution >= 0.6 is 0 Å². The minimum atomic E-state index is -0.207. The van der Waals surface area contributed by atoms with Gasteiger partial charge in [0.25, 0.3) is 0 Å². The number of fused-ring (bicyclic) bond motifs is 1. The number of aromatic nitrogens is 3. The average Bonchev–Trinajstić information content (AvgIpc) is 3.21. The second-order valence-electron chi connectivity index (χ2n) is 7.64. The van der Waals surface area contributed by atoms with Crippen LogP contribution in [-0.2, 0) is 4.74 Å². The zero-order chi connectivity index (χ0) is 20.5. The van der Waals surface area contributed by atoms with Crippen molar-refractivity contribution in [2.45, 2.75) is 39.3 Å². The lowest BCUT2D eigenvalue weighted by Crippen LogP contribution is -2.22. The molecule has 0 bridgehead atoms. The molecule has 1 saturated heterocycles. The topological polar surface area (TPSA) is 63.2 Å². The first-order valence-corrected chi connectivity index (χ1v) is 9.90. The lowest BCUT2D eigenvalue weighted by atomic mass is 10.0. The van der Waals surface area contributed by atoms with Crippen molar-refractivity contribution in [1.29, 1.82) is 0 Å². The molecule has 4 rings (SSSR count). The Balaban J connectivity index is 1.69. The van der Waals surface area contributed by atoms with Crippen LogP contribution < -0.4 is 10.2 Å². The van der Waals surface area contributed by atoms with E-state index in [1.54, 1.807) is 20.1 Å². The Morgan fingerprint density at radius 3 is 2.86 bits per heavy atom. The van der Waals surface area contributed by atoms with Crippen LogP contribution in [0.15, 0.2) is 30.5 Å². The second-order valence-corrected chi connectivity index (χ2v) is 7.64. The second kappa shape index (κ2) is 7.91. The van der Waals surface area contributed by atoms with Gasteiger partial charge in [-0.1, -0.05) is 12.1 Å². The number of rotatable bonds is 5. The van der Waals surface area contributed by atoms with Crippen molar-refractivity contribution in [3.63, 3.8) is 0 Å². The highest BCUT2D eigenvalue weighted by Crippen LogP contribution is 2.31. The van der Waals surface area contributed by atoms with Crippen LogP contribution in [0.2, 0.25) is 0 Å². The van der Waals surface area contributed by atoms with Gasteiger partial charge >= 0.3 is 0 Å². The van der Waals surface area contributed by atoms with Gasteiger partial charge in [0.15, 0.2) is 5.82 Å². The molecule has 3 aromatic rings. The highest BCUT2D eigenvalue weighted by Gasteiger charge is 2.23. The van der Waals surface area contributed by atoms with Crippen LogP contribution in [0.1, 0.15) is 36.2 Å². The van der Waals surface area contributed by atoms with Crippen molar-refractivity contribution in [2.75, 3.05) is 30.4 Å². The summed E-state index contributed by atoms with van der Waals surface area (Å²) < 4.78 is 19.5. The van der Waals surface area contributed by atoms with Crippen LogP contribution in [0.4, 0.5) is 15.9 Å². The van der Waals surface area contributed by atoms with Crippen molar-refractivity contribution in [3.8, 4) is 0 Å². The SMILES string of the molecule is CO[C@H]1CCN(c2cnc3c(C)nnc(N[C@H](C)c4cccc(F)c4C)c3c2)C1. The number of ether oxygens (including phenoxy) is 1. The molecule has 0 radical (unpaired) electrons. The largest absolute Gasteiger partial charge is 0.380 e. The standard InChI is InChI=1S/C22H26FN5O/c1-13-18(6-5-7-20(13)23)14(2)25-22-19-10-16(28-9-8-17(12-28)29-4)11-24-21(19)15(3)26-27-22/h5-7,10-11,14,17H,8-9,12H2,1-4H3,(H,25,27)/t14-,17+/m1/s1. The number of nitrogens with zero attached hydrogens (tertiary/aromatic N) is 4. The van der Waals surface area contributed by atoms with E-state index >= 15 is 0 Å². The number of halogens is 1. The molecule has 0 saturated carbocycles. The first-order valence-electron chi connectivity index (χ1n) is 9.90. The lowest BCUT2D eigenvalue weighted by Gasteiger charge is -2.21. The van der Waals surface area contributed by atoms with Crippen molar-refractivity contribution < 1.29 is 9.13 Å². The molecule has 1 aliphatic rings. The Morgan fingerprint density at radius 1 is 1.28 bits per heavy atom. The van der Waals surface area contributed by atoms with Gasteiger partial charge in [-0.25, -0.2) is 4.39 Å². The highest BCUT2D eigenvalue weighted by molar-refractivity contribution is 5.92. The number of pyridine rings is 1. The van der Waals surface area contributed by atoms with Crippen LogP contribution in [0.25, 0.3) is 10.9 Å². The molecule has 3 heterocycles. The predicted octanol–water partition coefficient (Wildman–Crippen LogP) is 4.18. The molecular formula is C22H26FN5O. The third kappa shape index (κ3) is 3.74. The summed E-state index contributed by atoms with van der Waals surface area (Å²) >= 11 is 0. The molecule has 152 valence electrons. The Bertz CT molecular complexity index is 1040.